The lowest BCUT2D eigenvalue weighted by Crippen LogP contribution is -2.27. The predicted molar refractivity (Wildman–Crippen MR) is 91.7 cm³/mol. The van der Waals surface area contributed by atoms with Gasteiger partial charge in [0.2, 0.25) is 0 Å². The Kier molecular flexibility index (Phi) is 6.57. The number of ether oxygens (including phenoxy) is 1. The summed E-state index contributed by atoms with van der Waals surface area (Å²) in [6.45, 7) is 0. The van der Waals surface area contributed by atoms with Crippen LogP contribution in [0.15, 0.2) is 41.6 Å². The number of carbonyl (C=O) groups is 1. The molecule has 0 radical (unpaired) electrons. The van der Waals surface area contributed by atoms with Gasteiger partial charge in [0.05, 0.1) is 16.8 Å². The number of hydrazone groups is 1. The van der Waals surface area contributed by atoms with Crippen molar-refractivity contribution in [2.24, 2.45) is 5.10 Å². The molecule has 2 amide bonds. The molecule has 1 aromatic heterocycles. The van der Waals surface area contributed by atoms with Gasteiger partial charge in [-0.05, 0) is 30.3 Å². The summed E-state index contributed by atoms with van der Waals surface area (Å²) in [5.74, 6) is -0.468. The van der Waals surface area contributed by atoms with Gasteiger partial charge in [-0.25, -0.2) is 9.80 Å². The van der Waals surface area contributed by atoms with Crippen molar-refractivity contribution in [3.8, 4) is 5.75 Å². The number of benzene rings is 1. The van der Waals surface area contributed by atoms with E-state index < -0.39 is 29.9 Å². The van der Waals surface area contributed by atoms with Crippen molar-refractivity contribution in [3.63, 3.8) is 0 Å². The van der Waals surface area contributed by atoms with Gasteiger partial charge in [0.1, 0.15) is 11.4 Å². The molecule has 1 aromatic carbocycles. The van der Waals surface area contributed by atoms with Gasteiger partial charge in [-0.3, -0.25) is 4.98 Å². The maximum absolute atomic E-state index is 12.6. The molecule has 6 nitrogen and oxygen atoms in total. The van der Waals surface area contributed by atoms with E-state index in [0.717, 1.165) is 23.4 Å². The van der Waals surface area contributed by atoms with E-state index in [1.165, 1.54) is 19.2 Å². The summed E-state index contributed by atoms with van der Waals surface area (Å²) in [4.78, 5) is 15.5. The number of alkyl halides is 6. The Bertz CT molecular complexity index is 900. The minimum atomic E-state index is -4.84. The summed E-state index contributed by atoms with van der Waals surface area (Å²) >= 11 is 5.72. The smallest absolute Gasteiger partial charge is 0.406 e. The second-order valence-corrected chi connectivity index (χ2v) is 5.77. The zero-order valence-electron chi connectivity index (χ0n) is 14.3. The van der Waals surface area contributed by atoms with Crippen LogP contribution in [0.25, 0.3) is 0 Å². The van der Waals surface area contributed by atoms with E-state index in [2.05, 4.69) is 20.1 Å². The molecule has 0 saturated carbocycles. The Hall–Kier alpha value is -3.02. The van der Waals surface area contributed by atoms with Crippen LogP contribution in [0, 0.1) is 0 Å². The van der Waals surface area contributed by atoms with Gasteiger partial charge in [0, 0.05) is 18.9 Å². The molecule has 0 aliphatic heterocycles. The molecule has 2 aromatic rings. The molecular formula is C16H11ClF6N4O2. The SMILES string of the molecule is CN(/N=C\c1ncc(C(F)(F)F)cc1Cl)C(=O)Nc1ccc(OC(F)(F)F)cc1. The van der Waals surface area contributed by atoms with E-state index in [0.29, 0.717) is 12.3 Å². The average Bonchev–Trinajstić information content (AvgIpc) is 2.60. The number of pyridine rings is 1. The highest BCUT2D eigenvalue weighted by Gasteiger charge is 2.32. The molecule has 0 spiro atoms. The van der Waals surface area contributed by atoms with Crippen LogP contribution in [0.5, 0.6) is 5.75 Å². The van der Waals surface area contributed by atoms with Crippen molar-refractivity contribution in [1.82, 2.24) is 9.99 Å². The lowest BCUT2D eigenvalue weighted by Gasteiger charge is -2.13. The summed E-state index contributed by atoms with van der Waals surface area (Å²) in [6.07, 6.45) is -7.91. The third-order valence-corrected chi connectivity index (χ3v) is 3.49. The molecule has 156 valence electrons. The lowest BCUT2D eigenvalue weighted by molar-refractivity contribution is -0.274. The number of rotatable bonds is 4. The molecule has 2 rings (SSSR count). The maximum Gasteiger partial charge on any atom is 0.573 e. The van der Waals surface area contributed by atoms with E-state index in [4.69, 9.17) is 11.6 Å². The first-order valence-electron chi connectivity index (χ1n) is 7.52. The van der Waals surface area contributed by atoms with Crippen LogP contribution in [-0.2, 0) is 6.18 Å². The Morgan fingerprint density at radius 1 is 1.21 bits per heavy atom. The van der Waals surface area contributed by atoms with E-state index >= 15 is 0 Å². The molecule has 1 heterocycles. The summed E-state index contributed by atoms with van der Waals surface area (Å²) < 4.78 is 77.7. The Labute approximate surface area is 164 Å². The van der Waals surface area contributed by atoms with Crippen LogP contribution in [0.1, 0.15) is 11.3 Å². The summed E-state index contributed by atoms with van der Waals surface area (Å²) in [5, 5.41) is 6.52. The monoisotopic (exact) mass is 440 g/mol. The fourth-order valence-electron chi connectivity index (χ4n) is 1.84. The standard InChI is InChI=1S/C16H11ClF6N4O2/c1-27(25-8-13-12(17)6-9(7-24-13)15(18,19)20)14(28)26-10-2-4-11(5-3-10)29-16(21,22)23/h2-8H,1H3,(H,26,28)/b25-8-. The third kappa shape index (κ3) is 6.82. The molecular weight excluding hydrogens is 430 g/mol. The van der Waals surface area contributed by atoms with Gasteiger partial charge in [-0.2, -0.15) is 18.3 Å². The number of urea groups is 1. The van der Waals surface area contributed by atoms with E-state index in [-0.39, 0.29) is 16.4 Å². The third-order valence-electron chi connectivity index (χ3n) is 3.18. The van der Waals surface area contributed by atoms with Crippen molar-refractivity contribution in [2.45, 2.75) is 12.5 Å². The predicted octanol–water partition coefficient (Wildman–Crippen LogP) is 5.15. The number of nitrogens with zero attached hydrogens (tertiary/aromatic N) is 3. The molecule has 0 atom stereocenters. The second kappa shape index (κ2) is 8.55. The fourth-order valence-corrected chi connectivity index (χ4v) is 2.05. The zero-order chi connectivity index (χ0) is 21.8. The quantitative estimate of drug-likeness (QED) is 0.406. The summed E-state index contributed by atoms with van der Waals surface area (Å²) in [5.41, 5.74) is -0.992. The molecule has 0 bridgehead atoms. The van der Waals surface area contributed by atoms with Crippen molar-refractivity contribution >= 4 is 29.5 Å². The molecule has 0 aliphatic carbocycles. The van der Waals surface area contributed by atoms with Crippen LogP contribution < -0.4 is 10.1 Å². The first-order chi connectivity index (χ1) is 13.3. The van der Waals surface area contributed by atoms with Gasteiger partial charge < -0.3 is 10.1 Å². The number of hydrogen-bond acceptors (Lipinski definition) is 4. The zero-order valence-corrected chi connectivity index (χ0v) is 15.1. The largest absolute Gasteiger partial charge is 0.573 e. The van der Waals surface area contributed by atoms with Crippen LogP contribution >= 0.6 is 11.6 Å². The lowest BCUT2D eigenvalue weighted by atomic mass is 10.2. The van der Waals surface area contributed by atoms with Crippen molar-refractivity contribution in [2.75, 3.05) is 12.4 Å². The van der Waals surface area contributed by atoms with E-state index in [1.54, 1.807) is 0 Å². The van der Waals surface area contributed by atoms with Gasteiger partial charge in [-0.1, -0.05) is 11.6 Å². The van der Waals surface area contributed by atoms with Crippen molar-refractivity contribution < 1.29 is 35.9 Å². The molecule has 1 N–H and O–H groups in total. The Balaban J connectivity index is 2.00. The summed E-state index contributed by atoms with van der Waals surface area (Å²) in [7, 11) is 1.23. The van der Waals surface area contributed by atoms with Gasteiger partial charge in [0.25, 0.3) is 0 Å². The molecule has 0 fully saturated rings. The Morgan fingerprint density at radius 3 is 2.34 bits per heavy atom. The van der Waals surface area contributed by atoms with Crippen molar-refractivity contribution in [1.29, 1.82) is 0 Å². The number of amides is 2. The van der Waals surface area contributed by atoms with Crippen LogP contribution in [0.4, 0.5) is 36.8 Å². The van der Waals surface area contributed by atoms with Crippen LogP contribution in [0.3, 0.4) is 0 Å². The highest BCUT2D eigenvalue weighted by atomic mass is 35.5. The Morgan fingerprint density at radius 2 is 1.83 bits per heavy atom. The molecule has 29 heavy (non-hydrogen) atoms. The normalized spacial score (nSPS) is 12.1. The van der Waals surface area contributed by atoms with E-state index in [9.17, 15) is 31.1 Å². The van der Waals surface area contributed by atoms with Crippen LogP contribution in [0.2, 0.25) is 5.02 Å². The van der Waals surface area contributed by atoms with Gasteiger partial charge in [0.15, 0.2) is 0 Å². The highest BCUT2D eigenvalue weighted by molar-refractivity contribution is 6.32. The number of hydrogen-bond donors (Lipinski definition) is 1. The van der Waals surface area contributed by atoms with Crippen molar-refractivity contribution in [3.05, 3.63) is 52.8 Å². The minimum absolute atomic E-state index is 0.104. The number of aromatic nitrogens is 1. The first-order valence-corrected chi connectivity index (χ1v) is 7.90. The number of carbonyl (C=O) groups excluding carboxylic acids is 1. The first kappa shape index (κ1) is 22.3. The highest BCUT2D eigenvalue weighted by Crippen LogP contribution is 2.30. The molecule has 0 aliphatic rings. The molecule has 0 saturated heterocycles. The number of anilines is 1. The average molecular weight is 441 g/mol. The topological polar surface area (TPSA) is 66.8 Å². The number of nitrogens with one attached hydrogen (secondary N) is 1. The van der Waals surface area contributed by atoms with E-state index in [1.807, 2.05) is 0 Å². The van der Waals surface area contributed by atoms with Crippen LogP contribution in [-0.4, -0.2) is 35.6 Å². The summed E-state index contributed by atoms with van der Waals surface area (Å²) in [6, 6.07) is 4.22. The molecule has 13 heteroatoms. The minimum Gasteiger partial charge on any atom is -0.406 e. The molecule has 0 unspecified atom stereocenters. The number of halogens is 7. The van der Waals surface area contributed by atoms with Gasteiger partial charge >= 0.3 is 18.6 Å². The van der Waals surface area contributed by atoms with Gasteiger partial charge in [-0.15, -0.1) is 13.2 Å². The fraction of sp³-hybridized carbons (Fsp3) is 0.188. The second-order valence-electron chi connectivity index (χ2n) is 5.36. The maximum atomic E-state index is 12.6.